The highest BCUT2D eigenvalue weighted by Gasteiger charge is 2.13. The Bertz CT molecular complexity index is 1690. The first-order valence-corrected chi connectivity index (χ1v) is 14.0. The summed E-state index contributed by atoms with van der Waals surface area (Å²) in [6.45, 7) is 1.22. The van der Waals surface area contributed by atoms with Crippen LogP contribution in [-0.4, -0.2) is 49.3 Å². The molecule has 0 spiro atoms. The molecule has 3 heterocycles. The van der Waals surface area contributed by atoms with E-state index in [4.69, 9.17) is 4.98 Å². The Kier molecular flexibility index (Phi) is 8.63. The summed E-state index contributed by atoms with van der Waals surface area (Å²) in [5.74, 6) is 0.567. The van der Waals surface area contributed by atoms with Crippen LogP contribution in [0, 0.1) is 0 Å². The van der Waals surface area contributed by atoms with Gasteiger partial charge in [-0.05, 0) is 49.3 Å². The second-order valence-electron chi connectivity index (χ2n) is 9.92. The molecule has 5 aromatic rings. The predicted octanol–water partition coefficient (Wildman–Crippen LogP) is 5.02. The molecule has 40 heavy (non-hydrogen) atoms. The largest absolute Gasteiger partial charge is 0.305 e. The van der Waals surface area contributed by atoms with Gasteiger partial charge < -0.3 is 4.90 Å². The van der Waals surface area contributed by atoms with Gasteiger partial charge in [0.05, 0.1) is 29.6 Å². The average molecular weight is 551 g/mol. The van der Waals surface area contributed by atoms with Crippen LogP contribution in [0.2, 0.25) is 0 Å². The van der Waals surface area contributed by atoms with E-state index in [0.29, 0.717) is 19.4 Å². The van der Waals surface area contributed by atoms with Gasteiger partial charge in [-0.2, -0.15) is 0 Å². The molecule has 0 amide bonds. The SMILES string of the molecule is CN(C)Cc1ccc(Cc2ncc3cc(/C=C/CCC(=O)c4cncn(Cc5cscn5)c4=O)ccc3n2)cc1. The molecule has 0 fully saturated rings. The van der Waals surface area contributed by atoms with Gasteiger partial charge in [-0.3, -0.25) is 14.2 Å². The maximum atomic E-state index is 12.7. The number of benzene rings is 2. The summed E-state index contributed by atoms with van der Waals surface area (Å²) in [6.07, 6.45) is 9.99. The van der Waals surface area contributed by atoms with E-state index in [0.717, 1.165) is 34.5 Å². The molecule has 0 aliphatic heterocycles. The number of fused-ring (bicyclic) bond motifs is 1. The quantitative estimate of drug-likeness (QED) is 0.213. The first-order valence-electron chi connectivity index (χ1n) is 13.0. The molecule has 0 atom stereocenters. The Morgan fingerprint density at radius 3 is 2.65 bits per heavy atom. The molecular weight excluding hydrogens is 520 g/mol. The maximum Gasteiger partial charge on any atom is 0.264 e. The van der Waals surface area contributed by atoms with Gasteiger partial charge in [-0.1, -0.05) is 42.5 Å². The fourth-order valence-electron chi connectivity index (χ4n) is 4.40. The second-order valence-corrected chi connectivity index (χ2v) is 10.6. The van der Waals surface area contributed by atoms with E-state index in [1.807, 2.05) is 41.9 Å². The van der Waals surface area contributed by atoms with Crippen molar-refractivity contribution in [2.24, 2.45) is 0 Å². The number of hydrogen-bond donors (Lipinski definition) is 0. The van der Waals surface area contributed by atoms with Crippen molar-refractivity contribution in [3.63, 3.8) is 0 Å². The minimum absolute atomic E-state index is 0.106. The van der Waals surface area contributed by atoms with Gasteiger partial charge in [-0.15, -0.1) is 11.3 Å². The number of carbonyl (C=O) groups is 1. The van der Waals surface area contributed by atoms with Crippen molar-refractivity contribution in [1.82, 2.24) is 29.4 Å². The van der Waals surface area contributed by atoms with Crippen LogP contribution in [0.4, 0.5) is 0 Å². The minimum atomic E-state index is -0.341. The molecule has 0 bridgehead atoms. The summed E-state index contributed by atoms with van der Waals surface area (Å²) >= 11 is 1.46. The van der Waals surface area contributed by atoms with Gasteiger partial charge in [0.25, 0.3) is 5.56 Å². The number of allylic oxidation sites excluding steroid dienone is 1. The van der Waals surface area contributed by atoms with Crippen LogP contribution in [0.25, 0.3) is 17.0 Å². The number of ketones is 1. The lowest BCUT2D eigenvalue weighted by atomic mass is 10.1. The molecule has 9 heteroatoms. The Labute approximate surface area is 236 Å². The van der Waals surface area contributed by atoms with E-state index in [1.54, 1.807) is 5.51 Å². The van der Waals surface area contributed by atoms with Gasteiger partial charge in [-0.25, -0.2) is 19.9 Å². The van der Waals surface area contributed by atoms with E-state index >= 15 is 0 Å². The lowest BCUT2D eigenvalue weighted by Crippen LogP contribution is -2.27. The number of rotatable bonds is 11. The number of carbonyl (C=O) groups excluding carboxylic acids is 1. The van der Waals surface area contributed by atoms with Crippen molar-refractivity contribution >= 4 is 34.1 Å². The summed E-state index contributed by atoms with van der Waals surface area (Å²) in [5.41, 5.74) is 6.60. The first kappa shape index (κ1) is 27.2. The van der Waals surface area contributed by atoms with Crippen molar-refractivity contribution in [2.75, 3.05) is 14.1 Å². The van der Waals surface area contributed by atoms with Crippen LogP contribution in [-0.2, 0) is 19.5 Å². The second kappa shape index (κ2) is 12.7. The normalized spacial score (nSPS) is 11.6. The van der Waals surface area contributed by atoms with Crippen LogP contribution in [0.3, 0.4) is 0 Å². The Morgan fingerprint density at radius 2 is 1.88 bits per heavy atom. The molecule has 5 rings (SSSR count). The lowest BCUT2D eigenvalue weighted by molar-refractivity contribution is 0.0981. The number of thiazole rings is 1. The van der Waals surface area contributed by atoms with Gasteiger partial charge >= 0.3 is 0 Å². The first-order chi connectivity index (χ1) is 19.4. The van der Waals surface area contributed by atoms with Crippen LogP contribution >= 0.6 is 11.3 Å². The van der Waals surface area contributed by atoms with Gasteiger partial charge in [0.1, 0.15) is 11.4 Å². The predicted molar refractivity (Wildman–Crippen MR) is 158 cm³/mol. The topological polar surface area (TPSA) is 93.9 Å². The van der Waals surface area contributed by atoms with Crippen molar-refractivity contribution in [3.05, 3.63) is 122 Å². The smallest absolute Gasteiger partial charge is 0.264 e. The summed E-state index contributed by atoms with van der Waals surface area (Å²) < 4.78 is 1.42. The fraction of sp³-hybridized carbons (Fsp3) is 0.226. The molecule has 0 unspecified atom stereocenters. The van der Waals surface area contributed by atoms with Crippen LogP contribution in [0.5, 0.6) is 0 Å². The number of aromatic nitrogens is 5. The number of nitrogens with zero attached hydrogens (tertiary/aromatic N) is 6. The Morgan fingerprint density at radius 1 is 1.05 bits per heavy atom. The summed E-state index contributed by atoms with van der Waals surface area (Å²) in [7, 11) is 4.13. The van der Waals surface area contributed by atoms with Crippen molar-refractivity contribution in [1.29, 1.82) is 0 Å². The van der Waals surface area contributed by atoms with E-state index in [1.165, 1.54) is 39.6 Å². The number of Topliss-reactive ketones (excluding diaryl/α,β-unsaturated/α-hetero) is 1. The molecule has 202 valence electrons. The lowest BCUT2D eigenvalue weighted by Gasteiger charge is -2.10. The average Bonchev–Trinajstić information content (AvgIpc) is 3.46. The summed E-state index contributed by atoms with van der Waals surface area (Å²) in [4.78, 5) is 45.2. The van der Waals surface area contributed by atoms with Gasteiger partial charge in [0.2, 0.25) is 0 Å². The zero-order valence-corrected chi connectivity index (χ0v) is 23.3. The monoisotopic (exact) mass is 550 g/mol. The maximum absolute atomic E-state index is 12.7. The van der Waals surface area contributed by atoms with E-state index in [2.05, 4.69) is 58.2 Å². The molecular formula is C31H30N6O2S. The van der Waals surface area contributed by atoms with Gasteiger partial charge in [0.15, 0.2) is 5.78 Å². The highest BCUT2D eigenvalue weighted by atomic mass is 32.1. The molecule has 0 aliphatic carbocycles. The molecule has 0 saturated heterocycles. The third-order valence-corrected chi connectivity index (χ3v) is 7.04. The van der Waals surface area contributed by atoms with Crippen molar-refractivity contribution in [3.8, 4) is 0 Å². The molecule has 0 N–H and O–H groups in total. The molecule has 0 radical (unpaired) electrons. The van der Waals surface area contributed by atoms with Crippen molar-refractivity contribution < 1.29 is 4.79 Å². The fourth-order valence-corrected chi connectivity index (χ4v) is 4.95. The Hall–Kier alpha value is -4.34. The molecule has 2 aromatic carbocycles. The van der Waals surface area contributed by atoms with Gasteiger partial charge in [0, 0.05) is 42.5 Å². The summed E-state index contributed by atoms with van der Waals surface area (Å²) in [5, 5.41) is 2.83. The molecule has 0 saturated carbocycles. The van der Waals surface area contributed by atoms with E-state index in [-0.39, 0.29) is 23.3 Å². The third-order valence-electron chi connectivity index (χ3n) is 6.40. The minimum Gasteiger partial charge on any atom is -0.305 e. The zero-order chi connectivity index (χ0) is 27.9. The van der Waals surface area contributed by atoms with E-state index in [9.17, 15) is 9.59 Å². The zero-order valence-electron chi connectivity index (χ0n) is 22.5. The number of hydrogen-bond acceptors (Lipinski definition) is 8. The molecule has 0 aliphatic rings. The van der Waals surface area contributed by atoms with Crippen LogP contribution < -0.4 is 5.56 Å². The molecule has 3 aromatic heterocycles. The highest BCUT2D eigenvalue weighted by molar-refractivity contribution is 7.07. The highest BCUT2D eigenvalue weighted by Crippen LogP contribution is 2.17. The Balaban J connectivity index is 1.18. The van der Waals surface area contributed by atoms with Crippen molar-refractivity contribution in [2.45, 2.75) is 32.4 Å². The summed E-state index contributed by atoms with van der Waals surface area (Å²) in [6, 6.07) is 14.6. The standard InChI is InChI=1S/C31H30N6O2S/c1-36(2)17-24-9-7-23(8-10-24)14-30-33-15-25-13-22(11-12-28(25)35-30)5-3-4-6-29(38)27-16-32-20-37(31(27)39)18-26-19-40-21-34-26/h3,5,7-13,15-16,19-21H,4,6,14,17-18H2,1-2H3/b5-3+. The van der Waals surface area contributed by atoms with Crippen LogP contribution in [0.15, 0.2) is 82.9 Å². The molecule has 8 nitrogen and oxygen atoms in total. The van der Waals surface area contributed by atoms with Crippen LogP contribution in [0.1, 0.15) is 51.4 Å². The van der Waals surface area contributed by atoms with E-state index < -0.39 is 0 Å². The third kappa shape index (κ3) is 6.99.